The number of para-hydroxylation sites is 1. The third-order valence-electron chi connectivity index (χ3n) is 6.01. The zero-order valence-electron chi connectivity index (χ0n) is 17.5. The van der Waals surface area contributed by atoms with E-state index in [1.807, 2.05) is 31.2 Å². The number of hydrogen-bond acceptors (Lipinski definition) is 4. The van der Waals surface area contributed by atoms with Crippen LogP contribution in [0.3, 0.4) is 0 Å². The molecule has 0 unspecified atom stereocenters. The summed E-state index contributed by atoms with van der Waals surface area (Å²) in [6.45, 7) is 2.05. The number of halogens is 2. The minimum Gasteiger partial charge on any atom is -0.304 e. The lowest BCUT2D eigenvalue weighted by atomic mass is 10.0. The predicted octanol–water partition coefficient (Wildman–Crippen LogP) is 3.95. The van der Waals surface area contributed by atoms with E-state index in [4.69, 9.17) is 11.6 Å². The molecule has 3 aromatic rings. The van der Waals surface area contributed by atoms with Gasteiger partial charge in [0, 0.05) is 11.3 Å². The highest BCUT2D eigenvalue weighted by Gasteiger charge is 2.69. The topological polar surface area (TPSA) is 74.8 Å². The molecule has 2 aliphatic rings. The van der Waals surface area contributed by atoms with Crippen molar-refractivity contribution >= 4 is 44.6 Å². The molecule has 9 heteroatoms. The minimum atomic E-state index is -4.30. The Labute approximate surface area is 195 Å². The first-order chi connectivity index (χ1) is 15.7. The van der Waals surface area contributed by atoms with Crippen molar-refractivity contribution < 1.29 is 22.4 Å². The zero-order chi connectivity index (χ0) is 23.5. The first-order valence-electron chi connectivity index (χ1n) is 10.1. The molecule has 0 radical (unpaired) electrons. The molecular formula is C24H18ClFN2O4S. The number of amides is 2. The fraction of sp³-hybridized carbons (Fsp3) is 0.167. The smallest absolute Gasteiger partial charge is 0.274 e. The maximum atomic E-state index is 14.0. The molecule has 168 valence electrons. The van der Waals surface area contributed by atoms with Crippen LogP contribution >= 0.6 is 11.6 Å². The number of sulfone groups is 1. The second-order valence-electron chi connectivity index (χ2n) is 8.13. The van der Waals surface area contributed by atoms with Crippen molar-refractivity contribution in [2.75, 3.05) is 15.6 Å². The van der Waals surface area contributed by atoms with Crippen molar-refractivity contribution in [1.29, 1.82) is 0 Å². The standard InChI is InChI=1S/C24H18ClFN2O4S/c1-15-5-4-6-16(11-15)13-27-21-8-3-2-7-18(21)24(23(27)30)28(22(29)14-33(24,31)32)17-9-10-20(26)19(25)12-17/h2-12H,13-14H2,1H3/t24-/m0/s1. The summed E-state index contributed by atoms with van der Waals surface area (Å²) >= 11 is 5.94. The Morgan fingerprint density at radius 1 is 1.03 bits per heavy atom. The van der Waals surface area contributed by atoms with Crippen LogP contribution in [-0.4, -0.2) is 26.0 Å². The van der Waals surface area contributed by atoms with E-state index in [0.29, 0.717) is 5.69 Å². The van der Waals surface area contributed by atoms with Gasteiger partial charge in [-0.05, 0) is 36.8 Å². The lowest BCUT2D eigenvalue weighted by Crippen LogP contribution is -2.54. The molecule has 6 nitrogen and oxygen atoms in total. The van der Waals surface area contributed by atoms with E-state index >= 15 is 0 Å². The summed E-state index contributed by atoms with van der Waals surface area (Å²) in [6, 6.07) is 17.5. The first kappa shape index (κ1) is 21.6. The molecule has 0 N–H and O–H groups in total. The van der Waals surface area contributed by atoms with Crippen LogP contribution in [0.2, 0.25) is 5.02 Å². The zero-order valence-corrected chi connectivity index (χ0v) is 19.0. The van der Waals surface area contributed by atoms with Gasteiger partial charge in [0.05, 0.1) is 17.3 Å². The minimum absolute atomic E-state index is 0.0352. The molecule has 1 fully saturated rings. The summed E-state index contributed by atoms with van der Waals surface area (Å²) in [5.74, 6) is -3.10. The molecule has 0 aliphatic carbocycles. The Morgan fingerprint density at radius 2 is 1.79 bits per heavy atom. The third-order valence-corrected chi connectivity index (χ3v) is 8.40. The van der Waals surface area contributed by atoms with Crippen LogP contribution in [0.15, 0.2) is 66.7 Å². The summed E-state index contributed by atoms with van der Waals surface area (Å²) in [6.07, 6.45) is 0. The van der Waals surface area contributed by atoms with Gasteiger partial charge in [0.1, 0.15) is 11.6 Å². The van der Waals surface area contributed by atoms with Gasteiger partial charge in [-0.3, -0.25) is 14.5 Å². The molecule has 1 spiro atoms. The van der Waals surface area contributed by atoms with Crippen molar-refractivity contribution in [3.05, 3.63) is 94.3 Å². The van der Waals surface area contributed by atoms with Crippen LogP contribution < -0.4 is 9.80 Å². The molecule has 3 aromatic carbocycles. The highest BCUT2D eigenvalue weighted by Crippen LogP contribution is 2.53. The van der Waals surface area contributed by atoms with Crippen LogP contribution in [0.25, 0.3) is 0 Å². The molecule has 0 bridgehead atoms. The van der Waals surface area contributed by atoms with Gasteiger partial charge in [-0.15, -0.1) is 0 Å². The van der Waals surface area contributed by atoms with Gasteiger partial charge in [-0.2, -0.15) is 0 Å². The molecule has 2 heterocycles. The Balaban J connectivity index is 1.74. The molecule has 1 saturated heterocycles. The average Bonchev–Trinajstić information content (AvgIpc) is 3.13. The highest BCUT2D eigenvalue weighted by molar-refractivity contribution is 7.94. The summed E-state index contributed by atoms with van der Waals surface area (Å²) in [5, 5.41) is -0.282. The monoisotopic (exact) mass is 484 g/mol. The summed E-state index contributed by atoms with van der Waals surface area (Å²) in [7, 11) is -4.30. The Morgan fingerprint density at radius 3 is 2.52 bits per heavy atom. The molecular weight excluding hydrogens is 467 g/mol. The second kappa shape index (κ2) is 7.40. The number of carbonyl (C=O) groups excluding carboxylic acids is 2. The normalized spacial score (nSPS) is 21.2. The van der Waals surface area contributed by atoms with Crippen LogP contribution in [0.5, 0.6) is 0 Å². The lowest BCUT2D eigenvalue weighted by Gasteiger charge is -2.32. The fourth-order valence-electron chi connectivity index (χ4n) is 4.67. The van der Waals surface area contributed by atoms with Gasteiger partial charge in [-0.1, -0.05) is 59.6 Å². The maximum absolute atomic E-state index is 14.0. The van der Waals surface area contributed by atoms with Crippen molar-refractivity contribution in [1.82, 2.24) is 0 Å². The number of benzene rings is 3. The van der Waals surface area contributed by atoms with Gasteiger partial charge < -0.3 is 4.90 Å². The quantitative estimate of drug-likeness (QED) is 0.564. The van der Waals surface area contributed by atoms with Gasteiger partial charge in [-0.25, -0.2) is 12.8 Å². The predicted molar refractivity (Wildman–Crippen MR) is 123 cm³/mol. The van der Waals surface area contributed by atoms with E-state index in [9.17, 15) is 22.4 Å². The Kier molecular flexibility index (Phi) is 4.84. The molecule has 5 rings (SSSR count). The van der Waals surface area contributed by atoms with Crippen molar-refractivity contribution in [2.24, 2.45) is 0 Å². The van der Waals surface area contributed by atoms with Crippen LogP contribution in [0, 0.1) is 12.7 Å². The van der Waals surface area contributed by atoms with Crippen LogP contribution in [-0.2, 0) is 30.8 Å². The van der Waals surface area contributed by atoms with E-state index in [-0.39, 0.29) is 22.8 Å². The molecule has 0 aromatic heterocycles. The second-order valence-corrected chi connectivity index (χ2v) is 10.6. The number of rotatable bonds is 3. The van der Waals surface area contributed by atoms with Crippen molar-refractivity contribution in [3.8, 4) is 0 Å². The highest BCUT2D eigenvalue weighted by atomic mass is 35.5. The first-order valence-corrected chi connectivity index (χ1v) is 12.2. The summed E-state index contributed by atoms with van der Waals surface area (Å²) in [5.41, 5.74) is 2.43. The van der Waals surface area contributed by atoms with Crippen LogP contribution in [0.1, 0.15) is 16.7 Å². The van der Waals surface area contributed by atoms with Crippen LogP contribution in [0.4, 0.5) is 15.8 Å². The molecule has 2 aliphatic heterocycles. The third kappa shape index (κ3) is 3.01. The van der Waals surface area contributed by atoms with E-state index in [1.165, 1.54) is 17.0 Å². The molecule has 2 amide bonds. The fourth-order valence-corrected chi connectivity index (χ4v) is 6.87. The SMILES string of the molecule is Cc1cccc(CN2C(=O)[C@@]3(c4ccccc42)N(c2ccc(F)c(Cl)c2)C(=O)CS3(=O)=O)c1. The number of aryl methyl sites for hydroxylation is 1. The van der Waals surface area contributed by atoms with E-state index < -0.39 is 38.1 Å². The molecule has 33 heavy (non-hydrogen) atoms. The van der Waals surface area contributed by atoms with Gasteiger partial charge >= 0.3 is 0 Å². The maximum Gasteiger partial charge on any atom is 0.274 e. The molecule has 0 saturated carbocycles. The number of carbonyl (C=O) groups is 2. The summed E-state index contributed by atoms with van der Waals surface area (Å²) < 4.78 is 40.9. The van der Waals surface area contributed by atoms with Crippen molar-refractivity contribution in [3.63, 3.8) is 0 Å². The lowest BCUT2D eigenvalue weighted by molar-refractivity contribution is -0.123. The van der Waals surface area contributed by atoms with Gasteiger partial charge in [0.15, 0.2) is 9.84 Å². The van der Waals surface area contributed by atoms with E-state index in [1.54, 1.807) is 18.2 Å². The number of nitrogens with zero attached hydrogens (tertiary/aromatic N) is 2. The number of anilines is 2. The number of fused-ring (bicyclic) bond motifs is 2. The van der Waals surface area contributed by atoms with Gasteiger partial charge in [0.2, 0.25) is 5.91 Å². The summed E-state index contributed by atoms with van der Waals surface area (Å²) in [4.78, 5) is 27.1. The van der Waals surface area contributed by atoms with E-state index in [2.05, 4.69) is 0 Å². The van der Waals surface area contributed by atoms with Gasteiger partial charge in [0.25, 0.3) is 10.8 Å². The Bertz CT molecular complexity index is 1440. The molecule has 1 atom stereocenters. The van der Waals surface area contributed by atoms with Crippen molar-refractivity contribution in [2.45, 2.75) is 18.3 Å². The average molecular weight is 485 g/mol. The number of hydrogen-bond donors (Lipinski definition) is 0. The van der Waals surface area contributed by atoms with E-state index in [0.717, 1.165) is 28.2 Å². The Hall–Kier alpha value is -3.23. The largest absolute Gasteiger partial charge is 0.304 e.